The van der Waals surface area contributed by atoms with Crippen LogP contribution in [0.1, 0.15) is 136 Å². The van der Waals surface area contributed by atoms with Crippen molar-refractivity contribution in [2.24, 2.45) is 0 Å². The van der Waals surface area contributed by atoms with Crippen molar-refractivity contribution < 1.29 is 77.2 Å². The number of hydrogen-bond donors (Lipinski definition) is 0. The Balaban J connectivity index is -0.000000140. The third kappa shape index (κ3) is 61.5. The van der Waals surface area contributed by atoms with Gasteiger partial charge in [0.25, 0.3) is 0 Å². The third-order valence-corrected chi connectivity index (χ3v) is 7.95. The number of hydrogen-bond acceptors (Lipinski definition) is 9. The number of rotatable bonds is 21. The largest absolute Gasteiger partial charge is 3.00 e. The van der Waals surface area contributed by atoms with Crippen LogP contribution in [0.15, 0.2) is 0 Å². The van der Waals surface area contributed by atoms with Crippen LogP contribution in [0.4, 0.5) is 0 Å². The molecule has 0 spiro atoms. The zero-order valence-electron chi connectivity index (χ0n) is 23.6. The Morgan fingerprint density at radius 1 is 0.342 bits per heavy atom. The van der Waals surface area contributed by atoms with E-state index in [1.807, 2.05) is 0 Å². The van der Waals surface area contributed by atoms with Crippen molar-refractivity contribution in [1.82, 2.24) is 0 Å². The summed E-state index contributed by atoms with van der Waals surface area (Å²) in [7, 11) is -12.7. The summed E-state index contributed by atoms with van der Waals surface area (Å²) < 4.78 is 30.6. The first-order valence-electron chi connectivity index (χ1n) is 13.7. The van der Waals surface area contributed by atoms with Gasteiger partial charge in [0.2, 0.25) is 0 Å². The second kappa shape index (κ2) is 33.0. The molecule has 14 heteroatoms. The molecule has 2 radical (unpaired) electrons. The predicted octanol–water partition coefficient (Wildman–Crippen LogP) is 3.78. The molecule has 0 amide bonds. The van der Waals surface area contributed by atoms with E-state index in [-0.39, 0.29) is 52.6 Å². The van der Waals surface area contributed by atoms with Crippen molar-refractivity contribution in [3.63, 3.8) is 0 Å². The average molecular weight is 688 g/mol. The molecule has 38 heavy (non-hydrogen) atoms. The molecule has 0 unspecified atom stereocenters. The molecule has 0 heterocycles. The number of unbranched alkanes of at least 4 members (excludes halogenated alkanes) is 15. The van der Waals surface area contributed by atoms with Crippen LogP contribution in [0.25, 0.3) is 0 Å². The van der Waals surface area contributed by atoms with Gasteiger partial charge < -0.3 is 43.1 Å². The molecule has 9 nitrogen and oxygen atoms in total. The molecule has 0 saturated carbocycles. The van der Waals surface area contributed by atoms with E-state index in [2.05, 4.69) is 20.8 Å². The van der Waals surface area contributed by atoms with Gasteiger partial charge in [-0.25, -0.2) is 0 Å². The van der Waals surface area contributed by atoms with E-state index < -0.39 is 22.8 Å². The molecule has 0 N–H and O–H groups in total. The van der Waals surface area contributed by atoms with Gasteiger partial charge in [-0.2, -0.15) is 0 Å². The maximum atomic E-state index is 10.2. The van der Waals surface area contributed by atoms with Crippen LogP contribution >= 0.6 is 22.8 Å². The Kier molecular flexibility index (Phi) is 42.7. The molecule has 0 aliphatic heterocycles. The molecule has 0 bridgehead atoms. The molecular weight excluding hydrogens is 637 g/mol. The summed E-state index contributed by atoms with van der Waals surface area (Å²) in [6, 6.07) is 0. The first-order valence-corrected chi connectivity index (χ1v) is 18.9. The maximum absolute atomic E-state index is 10.2. The molecule has 0 rings (SSSR count). The fourth-order valence-corrected chi connectivity index (χ4v) is 5.09. The summed E-state index contributed by atoms with van der Waals surface area (Å²) in [5.74, 6) is 0. The van der Waals surface area contributed by atoms with Crippen LogP contribution in [0.3, 0.4) is 0 Å². The van der Waals surface area contributed by atoms with Gasteiger partial charge in [-0.15, -0.1) is 0 Å². The van der Waals surface area contributed by atoms with Crippen LogP contribution in [-0.4, -0.2) is 18.5 Å². The van der Waals surface area contributed by atoms with Crippen LogP contribution in [0.2, 0.25) is 0 Å². The Morgan fingerprint density at radius 2 is 0.500 bits per heavy atom. The van der Waals surface area contributed by atoms with E-state index in [1.54, 1.807) is 0 Å². The smallest absolute Gasteiger partial charge is 0.811 e. The summed E-state index contributed by atoms with van der Waals surface area (Å²) in [5.41, 5.74) is 0. The summed E-state index contributed by atoms with van der Waals surface area (Å²) in [5, 5.41) is 0. The second-order valence-electron chi connectivity index (χ2n) is 9.31. The van der Waals surface area contributed by atoms with Gasteiger partial charge in [-0.1, -0.05) is 140 Å². The monoisotopic (exact) mass is 688 g/mol. The van der Waals surface area contributed by atoms with Crippen molar-refractivity contribution in [2.75, 3.05) is 18.5 Å². The van der Waals surface area contributed by atoms with Crippen molar-refractivity contribution in [2.45, 2.75) is 136 Å². The van der Waals surface area contributed by atoms with Crippen LogP contribution < -0.4 is 29.4 Å². The summed E-state index contributed by atoms with van der Waals surface area (Å²) in [6.07, 6.45) is 17.5. The van der Waals surface area contributed by atoms with E-state index in [0.29, 0.717) is 19.3 Å². The summed E-state index contributed by atoms with van der Waals surface area (Å²) in [6.45, 7) is 6.39. The second-order valence-corrected chi connectivity index (χ2v) is 14.3. The van der Waals surface area contributed by atoms with E-state index in [9.17, 15) is 43.1 Å². The zero-order chi connectivity index (χ0) is 28.3. The van der Waals surface area contributed by atoms with E-state index in [0.717, 1.165) is 57.8 Å². The van der Waals surface area contributed by atoms with Gasteiger partial charge >= 0.3 is 34.1 Å². The molecule has 0 fully saturated rings. The Labute approximate surface area is 253 Å². The maximum Gasteiger partial charge on any atom is 3.00 e. The third-order valence-electron chi connectivity index (χ3n) is 5.36. The Hall–Kier alpha value is 1.49. The summed E-state index contributed by atoms with van der Waals surface area (Å²) >= 11 is 0. The zero-order valence-corrected chi connectivity index (χ0v) is 28.5. The fraction of sp³-hybridized carbons (Fsp3) is 1.00. The van der Waals surface area contributed by atoms with Gasteiger partial charge in [0.15, 0.2) is 0 Å². The van der Waals surface area contributed by atoms with Crippen LogP contribution in [0, 0.1) is 0 Å². The quantitative estimate of drug-likeness (QED) is 0.0982. The van der Waals surface area contributed by atoms with Crippen molar-refractivity contribution >= 4 is 22.8 Å². The van der Waals surface area contributed by atoms with Gasteiger partial charge in [-0.3, -0.25) is 0 Å². The SMILES string of the molecule is CCCCCCCCP(=O)([O-])[O-].CCCCCCCCP(=O)([O-])[O-].CCCCCCCCP(=O)([O-])[O-].[Fe+3].[Fe+3]. The van der Waals surface area contributed by atoms with Gasteiger partial charge in [0, 0.05) is 0 Å². The van der Waals surface area contributed by atoms with Crippen molar-refractivity contribution in [3.05, 3.63) is 0 Å². The molecule has 0 aromatic rings. The average Bonchev–Trinajstić information content (AvgIpc) is 2.74. The van der Waals surface area contributed by atoms with Gasteiger partial charge in [0.05, 0.1) is 0 Å². The minimum atomic E-state index is -4.22. The van der Waals surface area contributed by atoms with E-state index in [1.165, 1.54) is 38.5 Å². The van der Waals surface area contributed by atoms with E-state index >= 15 is 0 Å². The first-order chi connectivity index (χ1) is 16.7. The predicted molar refractivity (Wildman–Crippen MR) is 138 cm³/mol. The topological polar surface area (TPSA) is 190 Å². The molecule has 0 saturated heterocycles. The Bertz CT molecular complexity index is 516. The van der Waals surface area contributed by atoms with Crippen molar-refractivity contribution in [1.29, 1.82) is 0 Å². The standard InChI is InChI=1S/3C8H19O3P.2Fe/c3*1-2-3-4-5-6-7-8-12(9,10)11;;/h3*2-8H2,1H3,(H2,9,10,11);;/q;;;2*+3/p-6. The minimum absolute atomic E-state index is 0. The molecule has 0 aliphatic rings. The van der Waals surface area contributed by atoms with Crippen LogP contribution in [0.5, 0.6) is 0 Å². The molecule has 0 aromatic heterocycles. The van der Waals surface area contributed by atoms with E-state index in [4.69, 9.17) is 0 Å². The fourth-order valence-electron chi connectivity index (χ4n) is 3.26. The van der Waals surface area contributed by atoms with Crippen LogP contribution in [-0.2, 0) is 47.8 Å². The summed E-state index contributed by atoms with van der Waals surface area (Å²) in [4.78, 5) is 61.2. The first kappa shape index (κ1) is 49.2. The van der Waals surface area contributed by atoms with Gasteiger partial charge in [-0.05, 0) is 37.7 Å². The Morgan fingerprint density at radius 3 is 0.658 bits per heavy atom. The molecule has 0 aromatic carbocycles. The minimum Gasteiger partial charge on any atom is -0.811 e. The molecular formula is C24H51Fe2O9P3. The molecule has 0 atom stereocenters. The molecule has 232 valence electrons. The normalized spacial score (nSPS) is 11.3. The van der Waals surface area contributed by atoms with Gasteiger partial charge in [0.1, 0.15) is 0 Å². The van der Waals surface area contributed by atoms with Crippen molar-refractivity contribution in [3.8, 4) is 0 Å². The molecule has 0 aliphatic carbocycles.